The fraction of sp³-hybridized carbons (Fsp3) is 0.421. The minimum Gasteiger partial charge on any atom is -0.496 e. The second-order valence-corrected chi connectivity index (χ2v) is 6.49. The minimum atomic E-state index is 0. The Morgan fingerprint density at radius 1 is 1.07 bits per heavy atom. The molecule has 0 fully saturated rings. The number of guanidine groups is 1. The fourth-order valence-corrected chi connectivity index (χ4v) is 3.16. The summed E-state index contributed by atoms with van der Waals surface area (Å²) in [5.41, 5.74) is 0.998. The van der Waals surface area contributed by atoms with E-state index in [-0.39, 0.29) is 24.0 Å². The molecule has 2 aromatic rings. The number of hydrogen-bond donors (Lipinski definition) is 2. The number of halogens is 1. The van der Waals surface area contributed by atoms with E-state index in [9.17, 15) is 0 Å². The van der Waals surface area contributed by atoms with Gasteiger partial charge < -0.3 is 24.8 Å². The van der Waals surface area contributed by atoms with Gasteiger partial charge in [0.25, 0.3) is 0 Å². The molecule has 0 aliphatic heterocycles. The number of nitrogens with zero attached hydrogens (tertiary/aromatic N) is 1. The van der Waals surface area contributed by atoms with Crippen molar-refractivity contribution in [3.05, 3.63) is 40.1 Å². The topological polar surface area (TPSA) is 64.1 Å². The van der Waals surface area contributed by atoms with E-state index in [1.54, 1.807) is 32.7 Å². The predicted octanol–water partition coefficient (Wildman–Crippen LogP) is 3.69. The molecule has 2 rings (SSSR count). The third kappa shape index (κ3) is 7.10. The molecular formula is C19H28IN3O3S. The van der Waals surface area contributed by atoms with E-state index in [1.165, 1.54) is 4.88 Å². The molecule has 0 amide bonds. The van der Waals surface area contributed by atoms with E-state index in [1.807, 2.05) is 18.2 Å². The van der Waals surface area contributed by atoms with Gasteiger partial charge in [0.15, 0.2) is 5.96 Å². The molecule has 1 aromatic carbocycles. The van der Waals surface area contributed by atoms with Crippen LogP contribution in [0.4, 0.5) is 0 Å². The van der Waals surface area contributed by atoms with Crippen LogP contribution in [0.2, 0.25) is 0 Å². The van der Waals surface area contributed by atoms with Gasteiger partial charge in [0.05, 0.1) is 27.9 Å². The third-order valence-electron chi connectivity index (χ3n) is 3.80. The van der Waals surface area contributed by atoms with Gasteiger partial charge in [-0.15, -0.1) is 35.3 Å². The first kappa shape index (κ1) is 23.4. The molecule has 0 saturated carbocycles. The van der Waals surface area contributed by atoms with E-state index in [0.717, 1.165) is 36.0 Å². The zero-order chi connectivity index (χ0) is 18.8. The molecule has 6 nitrogen and oxygen atoms in total. The highest BCUT2D eigenvalue weighted by Gasteiger charge is 2.13. The quantitative estimate of drug-likeness (QED) is 0.309. The average molecular weight is 505 g/mol. The largest absolute Gasteiger partial charge is 0.496 e. The Labute approximate surface area is 182 Å². The summed E-state index contributed by atoms with van der Waals surface area (Å²) in [6.07, 6.45) is 0.736. The highest BCUT2D eigenvalue weighted by atomic mass is 127. The number of nitrogens with one attached hydrogen (secondary N) is 2. The molecule has 0 aliphatic rings. The number of ether oxygens (including phenoxy) is 3. The van der Waals surface area contributed by atoms with E-state index in [4.69, 9.17) is 14.2 Å². The van der Waals surface area contributed by atoms with Crippen LogP contribution in [0.3, 0.4) is 0 Å². The van der Waals surface area contributed by atoms with Gasteiger partial charge in [0.2, 0.25) is 0 Å². The third-order valence-corrected chi connectivity index (χ3v) is 4.66. The lowest BCUT2D eigenvalue weighted by molar-refractivity contribution is 0.368. The fourth-order valence-electron chi connectivity index (χ4n) is 2.53. The van der Waals surface area contributed by atoms with Crippen LogP contribution >= 0.6 is 35.3 Å². The van der Waals surface area contributed by atoms with Crippen molar-refractivity contribution in [1.82, 2.24) is 10.6 Å². The smallest absolute Gasteiger partial charge is 0.191 e. The molecule has 2 N–H and O–H groups in total. The summed E-state index contributed by atoms with van der Waals surface area (Å²) >= 11 is 1.71. The monoisotopic (exact) mass is 505 g/mol. The zero-order valence-corrected chi connectivity index (χ0v) is 19.4. The van der Waals surface area contributed by atoms with Crippen LogP contribution in [0.5, 0.6) is 17.2 Å². The Kier molecular flexibility index (Phi) is 11.0. The summed E-state index contributed by atoms with van der Waals surface area (Å²) in [6.45, 7) is 4.24. The number of hydrogen-bond acceptors (Lipinski definition) is 5. The SMILES string of the molecule is CCNC(=NCc1cccs1)NCCc1c(OC)cc(OC)cc1OC.I. The molecule has 0 saturated heterocycles. The first-order chi connectivity index (χ1) is 12.7. The van der Waals surface area contributed by atoms with Crippen LogP contribution in [0, 0.1) is 0 Å². The maximum absolute atomic E-state index is 5.50. The van der Waals surface area contributed by atoms with Crippen LogP contribution in [0.25, 0.3) is 0 Å². The number of rotatable bonds is 9. The molecular weight excluding hydrogens is 477 g/mol. The molecule has 150 valence electrons. The standard InChI is InChI=1S/C19H27N3O3S.HI/c1-5-20-19(22-13-15-7-6-10-26-15)21-9-8-16-17(24-3)11-14(23-2)12-18(16)25-4;/h6-7,10-12H,5,8-9,13H2,1-4H3,(H2,20,21,22);1H. The Balaban J connectivity index is 0.00000364. The normalized spacial score (nSPS) is 10.7. The van der Waals surface area contributed by atoms with Crippen molar-refractivity contribution in [2.45, 2.75) is 19.9 Å². The summed E-state index contributed by atoms with van der Waals surface area (Å²) in [5.74, 6) is 3.01. The van der Waals surface area contributed by atoms with E-state index in [2.05, 4.69) is 34.0 Å². The van der Waals surface area contributed by atoms with Crippen molar-refractivity contribution in [3.8, 4) is 17.2 Å². The van der Waals surface area contributed by atoms with Crippen molar-refractivity contribution in [2.75, 3.05) is 34.4 Å². The Morgan fingerprint density at radius 2 is 1.78 bits per heavy atom. The second kappa shape index (κ2) is 12.7. The summed E-state index contributed by atoms with van der Waals surface area (Å²) in [5, 5.41) is 8.69. The van der Waals surface area contributed by atoms with Crippen LogP contribution in [0.1, 0.15) is 17.4 Å². The lowest BCUT2D eigenvalue weighted by Gasteiger charge is -2.16. The lowest BCUT2D eigenvalue weighted by Crippen LogP contribution is -2.38. The molecule has 0 bridgehead atoms. The minimum absolute atomic E-state index is 0. The first-order valence-electron chi connectivity index (χ1n) is 8.55. The van der Waals surface area contributed by atoms with Crippen LogP contribution in [0.15, 0.2) is 34.6 Å². The Hall–Kier alpha value is -1.68. The lowest BCUT2D eigenvalue weighted by atomic mass is 10.1. The maximum Gasteiger partial charge on any atom is 0.191 e. The molecule has 1 heterocycles. The number of thiophene rings is 1. The number of benzene rings is 1. The summed E-state index contributed by atoms with van der Waals surface area (Å²) in [7, 11) is 4.93. The highest BCUT2D eigenvalue weighted by molar-refractivity contribution is 14.0. The van der Waals surface area contributed by atoms with Gasteiger partial charge in [-0.1, -0.05) is 6.07 Å². The molecule has 0 atom stereocenters. The second-order valence-electron chi connectivity index (χ2n) is 5.46. The van der Waals surface area contributed by atoms with Gasteiger partial charge in [-0.25, -0.2) is 4.99 Å². The van der Waals surface area contributed by atoms with Crippen molar-refractivity contribution in [1.29, 1.82) is 0 Å². The van der Waals surface area contributed by atoms with Gasteiger partial charge in [-0.2, -0.15) is 0 Å². The van der Waals surface area contributed by atoms with E-state index >= 15 is 0 Å². The van der Waals surface area contributed by atoms with Crippen molar-refractivity contribution < 1.29 is 14.2 Å². The molecule has 0 unspecified atom stereocenters. The molecule has 0 aliphatic carbocycles. The molecule has 0 spiro atoms. The Morgan fingerprint density at radius 3 is 2.30 bits per heavy atom. The molecule has 27 heavy (non-hydrogen) atoms. The van der Waals surface area contributed by atoms with Gasteiger partial charge >= 0.3 is 0 Å². The van der Waals surface area contributed by atoms with Crippen molar-refractivity contribution >= 4 is 41.3 Å². The van der Waals surface area contributed by atoms with Gasteiger partial charge in [0.1, 0.15) is 17.2 Å². The average Bonchev–Trinajstić information content (AvgIpc) is 3.19. The zero-order valence-electron chi connectivity index (χ0n) is 16.2. The number of aliphatic imine (C=N–C) groups is 1. The first-order valence-corrected chi connectivity index (χ1v) is 9.43. The molecule has 0 radical (unpaired) electrons. The van der Waals surface area contributed by atoms with E-state index in [0.29, 0.717) is 18.8 Å². The van der Waals surface area contributed by atoms with Crippen LogP contribution < -0.4 is 24.8 Å². The van der Waals surface area contributed by atoms with Crippen molar-refractivity contribution in [3.63, 3.8) is 0 Å². The highest BCUT2D eigenvalue weighted by Crippen LogP contribution is 2.34. The summed E-state index contributed by atoms with van der Waals surface area (Å²) in [4.78, 5) is 5.86. The molecule has 1 aromatic heterocycles. The predicted molar refractivity (Wildman–Crippen MR) is 122 cm³/mol. The van der Waals surface area contributed by atoms with Crippen molar-refractivity contribution in [2.24, 2.45) is 4.99 Å². The summed E-state index contributed by atoms with van der Waals surface area (Å²) in [6, 6.07) is 7.87. The van der Waals surface area contributed by atoms with Gasteiger partial charge in [-0.3, -0.25) is 0 Å². The summed E-state index contributed by atoms with van der Waals surface area (Å²) < 4.78 is 16.3. The van der Waals surface area contributed by atoms with Crippen LogP contribution in [-0.4, -0.2) is 40.4 Å². The Bertz CT molecular complexity index is 683. The molecule has 8 heteroatoms. The van der Waals surface area contributed by atoms with Crippen LogP contribution in [-0.2, 0) is 13.0 Å². The van der Waals surface area contributed by atoms with Gasteiger partial charge in [-0.05, 0) is 24.8 Å². The van der Waals surface area contributed by atoms with E-state index < -0.39 is 0 Å². The van der Waals surface area contributed by atoms with Gasteiger partial charge in [0, 0.05) is 35.7 Å². The maximum atomic E-state index is 5.50. The number of methoxy groups -OCH3 is 3.